The van der Waals surface area contributed by atoms with Gasteiger partial charge in [0.2, 0.25) is 0 Å². The van der Waals surface area contributed by atoms with E-state index < -0.39 is 0 Å². The van der Waals surface area contributed by atoms with Gasteiger partial charge in [-0.2, -0.15) is 0 Å². The molecule has 0 bridgehead atoms. The van der Waals surface area contributed by atoms with Gasteiger partial charge in [-0.15, -0.1) is 0 Å². The Morgan fingerprint density at radius 1 is 1.43 bits per heavy atom. The van der Waals surface area contributed by atoms with Gasteiger partial charge in [-0.25, -0.2) is 0 Å². The van der Waals surface area contributed by atoms with Gasteiger partial charge in [0.15, 0.2) is 0 Å². The van der Waals surface area contributed by atoms with Crippen LogP contribution in [0, 0.1) is 0 Å². The van der Waals surface area contributed by atoms with Crippen LogP contribution in [0.2, 0.25) is 0 Å². The Kier molecular flexibility index (Phi) is 7.05. The Bertz CT molecular complexity index is 172. The molecule has 0 aromatic heterocycles. The predicted molar refractivity (Wildman–Crippen MR) is 64.4 cm³/mol. The van der Waals surface area contributed by atoms with Gasteiger partial charge in [0.1, 0.15) is 0 Å². The molecule has 0 rings (SSSR count). The minimum atomic E-state index is 0.0713. The fraction of sp³-hybridized carbons (Fsp3) is 0.900. The first kappa shape index (κ1) is 13.8. The molecule has 0 aromatic rings. The van der Waals surface area contributed by atoms with Crippen LogP contribution in [0.4, 0.5) is 0 Å². The Morgan fingerprint density at radius 3 is 2.21 bits per heavy atom. The number of thiocarbonyl (C=S) groups is 1. The molecule has 0 amide bonds. The van der Waals surface area contributed by atoms with Gasteiger partial charge in [-0.05, 0) is 19.8 Å². The molecule has 1 unspecified atom stereocenters. The molecule has 0 fully saturated rings. The van der Waals surface area contributed by atoms with Gasteiger partial charge in [0, 0.05) is 12.6 Å². The monoisotopic (exact) mass is 218 g/mol. The summed E-state index contributed by atoms with van der Waals surface area (Å²) in [5.41, 5.74) is 5.62. The van der Waals surface area contributed by atoms with Crippen molar-refractivity contribution < 1.29 is 5.11 Å². The maximum atomic E-state index is 8.98. The normalized spacial score (nSPS) is 13.6. The molecule has 0 saturated heterocycles. The number of nitrogens with zero attached hydrogens (tertiary/aromatic N) is 1. The van der Waals surface area contributed by atoms with Gasteiger partial charge in [0.05, 0.1) is 17.6 Å². The molecule has 0 aliphatic rings. The summed E-state index contributed by atoms with van der Waals surface area (Å²) >= 11 is 4.98. The molecule has 84 valence electrons. The maximum absolute atomic E-state index is 8.98. The average molecular weight is 218 g/mol. The van der Waals surface area contributed by atoms with Crippen LogP contribution in [-0.2, 0) is 0 Å². The van der Waals surface area contributed by atoms with Crippen molar-refractivity contribution in [2.75, 3.05) is 13.2 Å². The third kappa shape index (κ3) is 3.90. The highest BCUT2D eigenvalue weighted by Gasteiger charge is 2.21. The summed E-state index contributed by atoms with van der Waals surface area (Å²) in [7, 11) is 0. The number of aliphatic hydroxyl groups is 1. The van der Waals surface area contributed by atoms with E-state index in [4.69, 9.17) is 23.1 Å². The second-order valence-corrected chi connectivity index (χ2v) is 3.98. The number of hydrogen-bond donors (Lipinski definition) is 2. The lowest BCUT2D eigenvalue weighted by atomic mass is 10.1. The van der Waals surface area contributed by atoms with Gasteiger partial charge in [-0.3, -0.25) is 4.90 Å². The third-order valence-electron chi connectivity index (χ3n) is 2.68. The molecular weight excluding hydrogens is 196 g/mol. The van der Waals surface area contributed by atoms with Gasteiger partial charge in [-0.1, -0.05) is 26.1 Å². The predicted octanol–water partition coefficient (Wildman–Crippen LogP) is 1.14. The van der Waals surface area contributed by atoms with Crippen LogP contribution in [0.3, 0.4) is 0 Å². The lowest BCUT2D eigenvalue weighted by Crippen LogP contribution is -2.48. The second-order valence-electron chi connectivity index (χ2n) is 3.51. The van der Waals surface area contributed by atoms with E-state index in [1.807, 2.05) is 6.92 Å². The van der Waals surface area contributed by atoms with E-state index in [1.165, 1.54) is 0 Å². The molecule has 0 saturated carbocycles. The average Bonchev–Trinajstić information content (AvgIpc) is 2.17. The Balaban J connectivity index is 4.46. The van der Waals surface area contributed by atoms with Crippen LogP contribution in [0.5, 0.6) is 0 Å². The first-order valence-electron chi connectivity index (χ1n) is 5.24. The molecule has 3 N–H and O–H groups in total. The number of rotatable bonds is 7. The molecule has 0 spiro atoms. The van der Waals surface area contributed by atoms with Crippen molar-refractivity contribution in [3.63, 3.8) is 0 Å². The smallest absolute Gasteiger partial charge is 0.0899 e. The van der Waals surface area contributed by atoms with E-state index in [9.17, 15) is 0 Å². The minimum Gasteiger partial charge on any atom is -0.395 e. The Morgan fingerprint density at radius 2 is 1.93 bits per heavy atom. The molecule has 4 heteroatoms. The fourth-order valence-electron chi connectivity index (χ4n) is 1.73. The van der Waals surface area contributed by atoms with Crippen molar-refractivity contribution in [2.24, 2.45) is 5.73 Å². The van der Waals surface area contributed by atoms with E-state index in [1.54, 1.807) is 0 Å². The van der Waals surface area contributed by atoms with Crippen molar-refractivity contribution in [1.82, 2.24) is 4.90 Å². The standard InChI is InChI=1S/C10H22N2OS/c1-4-9(5-2)12(6-7-13)8(3)10(11)14/h8-9,13H,4-7H2,1-3H3,(H2,11,14). The highest BCUT2D eigenvalue weighted by molar-refractivity contribution is 7.80. The summed E-state index contributed by atoms with van der Waals surface area (Å²) < 4.78 is 0. The van der Waals surface area contributed by atoms with Crippen LogP contribution in [0.15, 0.2) is 0 Å². The van der Waals surface area contributed by atoms with Crippen LogP contribution < -0.4 is 5.73 Å². The van der Waals surface area contributed by atoms with Crippen LogP contribution in [-0.4, -0.2) is 40.2 Å². The minimum absolute atomic E-state index is 0.0713. The quantitative estimate of drug-likeness (QED) is 0.629. The molecule has 3 nitrogen and oxygen atoms in total. The number of nitrogens with two attached hydrogens (primary N) is 1. The van der Waals surface area contributed by atoms with Gasteiger partial charge in [0.25, 0.3) is 0 Å². The zero-order valence-electron chi connectivity index (χ0n) is 9.36. The molecular formula is C10H22N2OS. The largest absolute Gasteiger partial charge is 0.395 e. The van der Waals surface area contributed by atoms with Crippen molar-refractivity contribution in [1.29, 1.82) is 0 Å². The van der Waals surface area contributed by atoms with E-state index in [0.29, 0.717) is 17.6 Å². The van der Waals surface area contributed by atoms with Crippen LogP contribution in [0.1, 0.15) is 33.6 Å². The lowest BCUT2D eigenvalue weighted by molar-refractivity contribution is 0.131. The Hall–Kier alpha value is -0.190. The number of aliphatic hydroxyl groups excluding tert-OH is 1. The topological polar surface area (TPSA) is 49.5 Å². The summed E-state index contributed by atoms with van der Waals surface area (Å²) in [6, 6.07) is 0.528. The number of hydrogen-bond acceptors (Lipinski definition) is 3. The van der Waals surface area contributed by atoms with Crippen molar-refractivity contribution in [3.8, 4) is 0 Å². The molecule has 0 heterocycles. The SMILES string of the molecule is CCC(CC)N(CCO)C(C)C(N)=S. The van der Waals surface area contributed by atoms with Crippen LogP contribution >= 0.6 is 12.2 Å². The summed E-state index contributed by atoms with van der Waals surface area (Å²) in [6.45, 7) is 7.08. The molecule has 0 aliphatic heterocycles. The zero-order valence-corrected chi connectivity index (χ0v) is 10.2. The molecule has 0 radical (unpaired) electrons. The molecule has 1 atom stereocenters. The molecule has 0 aliphatic carbocycles. The van der Waals surface area contributed by atoms with Gasteiger partial charge < -0.3 is 10.8 Å². The highest BCUT2D eigenvalue weighted by Crippen LogP contribution is 2.12. The fourth-order valence-corrected chi connectivity index (χ4v) is 1.86. The van der Waals surface area contributed by atoms with Crippen LogP contribution in [0.25, 0.3) is 0 Å². The molecule has 0 aromatic carbocycles. The summed E-state index contributed by atoms with van der Waals surface area (Å²) in [6.07, 6.45) is 2.12. The van der Waals surface area contributed by atoms with Gasteiger partial charge >= 0.3 is 0 Å². The van der Waals surface area contributed by atoms with E-state index in [2.05, 4.69) is 18.7 Å². The van der Waals surface area contributed by atoms with Crippen molar-refractivity contribution in [2.45, 2.75) is 45.7 Å². The Labute approximate surface area is 92.3 Å². The summed E-state index contributed by atoms with van der Waals surface area (Å²) in [4.78, 5) is 2.69. The highest BCUT2D eigenvalue weighted by atomic mass is 32.1. The van der Waals surface area contributed by atoms with E-state index >= 15 is 0 Å². The maximum Gasteiger partial charge on any atom is 0.0899 e. The first-order chi connectivity index (χ1) is 6.58. The van der Waals surface area contributed by atoms with E-state index in [0.717, 1.165) is 12.8 Å². The lowest BCUT2D eigenvalue weighted by Gasteiger charge is -2.34. The van der Waals surface area contributed by atoms with E-state index in [-0.39, 0.29) is 12.6 Å². The van der Waals surface area contributed by atoms with Crippen molar-refractivity contribution in [3.05, 3.63) is 0 Å². The summed E-state index contributed by atoms with van der Waals surface area (Å²) in [5.74, 6) is 0. The second kappa shape index (κ2) is 7.15. The zero-order chi connectivity index (χ0) is 11.1. The first-order valence-corrected chi connectivity index (χ1v) is 5.65. The third-order valence-corrected chi connectivity index (χ3v) is 3.02. The van der Waals surface area contributed by atoms with Crippen molar-refractivity contribution >= 4 is 17.2 Å². The molecule has 14 heavy (non-hydrogen) atoms. The summed E-state index contributed by atoms with van der Waals surface area (Å²) in [5, 5.41) is 8.98.